The van der Waals surface area contributed by atoms with Crippen molar-refractivity contribution in [3.8, 4) is 0 Å². The first-order valence-corrected chi connectivity index (χ1v) is 39.4. The highest BCUT2D eigenvalue weighted by atomic mass is 35.5. The number of aliphatic hydroxyl groups is 1. The van der Waals surface area contributed by atoms with E-state index in [1.807, 2.05) is 56.3 Å². The highest BCUT2D eigenvalue weighted by molar-refractivity contribution is 6.30. The number of rotatable bonds is 47. The molecule has 3 aromatic heterocycles. The van der Waals surface area contributed by atoms with Gasteiger partial charge in [0.1, 0.15) is 54.4 Å². The van der Waals surface area contributed by atoms with Crippen LogP contribution in [0.25, 0.3) is 10.8 Å². The molecule has 1 fully saturated rings. The van der Waals surface area contributed by atoms with Gasteiger partial charge < -0.3 is 79.5 Å². The Hall–Kier alpha value is -11.2. The number of nitrogens with two attached hydrogens (primary N) is 2. The molecule has 31 heteroatoms. The molecule has 10 atom stereocenters. The van der Waals surface area contributed by atoms with E-state index in [4.69, 9.17) is 17.3 Å². The highest BCUT2D eigenvalue weighted by Crippen LogP contribution is 2.23. The number of unbranched alkanes of at least 4 members (excludes halogenated alkanes) is 3. The number of carbonyl (C=O) groups excluding carboxylic acids is 12. The first kappa shape index (κ1) is 90.0. The van der Waals surface area contributed by atoms with Crippen LogP contribution in [0, 0.1) is 5.92 Å². The minimum atomic E-state index is -1.79. The summed E-state index contributed by atoms with van der Waals surface area (Å²) in [6.07, 6.45) is 11.7. The summed E-state index contributed by atoms with van der Waals surface area (Å²) in [4.78, 5) is 183. The highest BCUT2D eigenvalue weighted by Gasteiger charge is 2.40. The minimum absolute atomic E-state index is 0.0155. The zero-order chi connectivity index (χ0) is 82.6. The summed E-state index contributed by atoms with van der Waals surface area (Å²) in [6.45, 7) is 15.0. The first-order chi connectivity index (χ1) is 54.7. The van der Waals surface area contributed by atoms with Gasteiger partial charge in [0.15, 0.2) is 0 Å². The van der Waals surface area contributed by atoms with Gasteiger partial charge in [0.05, 0.1) is 36.4 Å². The van der Waals surface area contributed by atoms with E-state index >= 15 is 14.4 Å². The van der Waals surface area contributed by atoms with E-state index in [0.29, 0.717) is 52.6 Å². The zero-order valence-electron chi connectivity index (χ0n) is 65.7. The van der Waals surface area contributed by atoms with Gasteiger partial charge in [0.25, 0.3) is 11.8 Å². The molecular weight excluding hydrogens is 1480 g/mol. The SMILES string of the molecule is C=C(NC(Cc1ccc(Cl)cc1)C(=O)NC(Cc1cccnc1)C(=O)NC(CO)C(=O)NC(CCCCNC(=O)c1cccnc1)C(=O)NC(CCCCNC(=O)c1cccnc1)C(=O)NC(CC(C)C)C(=O)NC(CCCC[NH2+]C(C)C)C(=O)N1CCCC1C(=O)NC(C)C(N)=O)C(Cc1ccc2ccccc2c1)NC(C)=O. The lowest BCUT2D eigenvalue weighted by Crippen LogP contribution is -2.88. The number of benzene rings is 3. The molecule has 0 radical (unpaired) electrons. The van der Waals surface area contributed by atoms with Gasteiger partial charge in [-0.3, -0.25) is 72.5 Å². The van der Waals surface area contributed by atoms with Crippen LogP contribution in [0.1, 0.15) is 156 Å². The summed E-state index contributed by atoms with van der Waals surface area (Å²) in [5, 5.41) is 46.8. The van der Waals surface area contributed by atoms with Crippen LogP contribution in [0.4, 0.5) is 0 Å². The first-order valence-electron chi connectivity index (χ1n) is 39.0. The van der Waals surface area contributed by atoms with Crippen LogP contribution in [0.5, 0.6) is 0 Å². The number of hydrogen-bond donors (Lipinski definition) is 14. The summed E-state index contributed by atoms with van der Waals surface area (Å²) < 4.78 is 0. The average Bonchev–Trinajstić information content (AvgIpc) is 1.56. The lowest BCUT2D eigenvalue weighted by molar-refractivity contribution is -0.683. The maximum absolute atomic E-state index is 15.2. The molecule has 0 bridgehead atoms. The Morgan fingerprint density at radius 3 is 1.57 bits per heavy atom. The van der Waals surface area contributed by atoms with E-state index in [9.17, 15) is 48.3 Å². The number of quaternary nitrogens is 1. The maximum Gasteiger partial charge on any atom is 0.252 e. The van der Waals surface area contributed by atoms with Gasteiger partial charge in [0, 0.05) is 87.3 Å². The van der Waals surface area contributed by atoms with Crippen molar-refractivity contribution in [2.24, 2.45) is 11.7 Å². The van der Waals surface area contributed by atoms with E-state index in [-0.39, 0.29) is 114 Å². The van der Waals surface area contributed by atoms with Crippen LogP contribution >= 0.6 is 11.6 Å². The summed E-state index contributed by atoms with van der Waals surface area (Å²) in [6, 6.07) is 17.9. The van der Waals surface area contributed by atoms with Gasteiger partial charge in [-0.2, -0.15) is 0 Å². The molecule has 7 rings (SSSR count). The Kier molecular flexibility index (Phi) is 36.8. The molecule has 0 saturated carbocycles. The van der Waals surface area contributed by atoms with E-state index in [0.717, 1.165) is 22.9 Å². The average molecular weight is 1590 g/mol. The van der Waals surface area contributed by atoms with E-state index in [1.165, 1.54) is 55.9 Å². The minimum Gasteiger partial charge on any atom is -0.394 e. The van der Waals surface area contributed by atoms with Crippen molar-refractivity contribution >= 4 is 93.3 Å². The van der Waals surface area contributed by atoms with Crippen molar-refractivity contribution in [2.45, 2.75) is 204 Å². The van der Waals surface area contributed by atoms with E-state index in [2.05, 4.69) is 99.2 Å². The second-order valence-corrected chi connectivity index (χ2v) is 29.9. The summed E-state index contributed by atoms with van der Waals surface area (Å²) >= 11 is 6.31. The molecule has 16 N–H and O–H groups in total. The van der Waals surface area contributed by atoms with Crippen molar-refractivity contribution in [1.82, 2.24) is 78.3 Å². The second-order valence-electron chi connectivity index (χ2n) is 29.5. The lowest BCUT2D eigenvalue weighted by atomic mass is 9.98. The van der Waals surface area contributed by atoms with Gasteiger partial charge in [-0.15, -0.1) is 0 Å². The molecular formula is C83H111ClN17O13+. The Morgan fingerprint density at radius 2 is 1.02 bits per heavy atom. The third kappa shape index (κ3) is 30.0. The fraction of sp³-hybridized carbons (Fsp3) is 0.458. The molecule has 612 valence electrons. The molecule has 0 spiro atoms. The fourth-order valence-electron chi connectivity index (χ4n) is 13.2. The van der Waals surface area contributed by atoms with Crippen molar-refractivity contribution in [3.05, 3.63) is 185 Å². The fourth-order valence-corrected chi connectivity index (χ4v) is 13.3. The molecule has 1 saturated heterocycles. The molecule has 1 aliphatic rings. The van der Waals surface area contributed by atoms with Crippen LogP contribution in [0.3, 0.4) is 0 Å². The molecule has 4 heterocycles. The molecule has 12 amide bonds. The van der Waals surface area contributed by atoms with Gasteiger partial charge in [-0.25, -0.2) is 0 Å². The van der Waals surface area contributed by atoms with Crippen molar-refractivity contribution < 1.29 is 68.0 Å². The smallest absolute Gasteiger partial charge is 0.252 e. The van der Waals surface area contributed by atoms with Crippen LogP contribution in [0.2, 0.25) is 5.02 Å². The maximum atomic E-state index is 15.2. The number of halogens is 1. The Labute approximate surface area is 670 Å². The van der Waals surface area contributed by atoms with Crippen molar-refractivity contribution in [2.75, 3.05) is 32.8 Å². The number of pyridine rings is 3. The Bertz CT molecular complexity index is 4200. The predicted octanol–water partition coefficient (Wildman–Crippen LogP) is 2.95. The number of likely N-dealkylation sites (tertiary alicyclic amines) is 1. The molecule has 114 heavy (non-hydrogen) atoms. The molecule has 1 aliphatic heterocycles. The molecule has 0 aliphatic carbocycles. The number of primary amides is 1. The summed E-state index contributed by atoms with van der Waals surface area (Å²) in [5.74, 6) is -8.47. The lowest BCUT2D eigenvalue weighted by Gasteiger charge is -2.31. The van der Waals surface area contributed by atoms with Crippen molar-refractivity contribution in [3.63, 3.8) is 0 Å². The quantitative estimate of drug-likeness (QED) is 0.0244. The molecule has 10 unspecified atom stereocenters. The number of aromatic nitrogens is 3. The standard InChI is InChI=1S/C83H110ClN17O13/c1-51(2)42-68(78(109)97-66(27-12-13-38-89-52(3)4)83(114)101-41-19-28-72(101)82(113)93-54(6)73(85)104)98-77(108)65(26-11-15-40-91-75(106)62-24-18-37-88-49-62)95-76(107)64(25-10-14-39-90-74(105)61-23-17-36-87-48-61)96-81(112)71(50-102)100-80(111)70(46-58-20-16-35-86-47-58)99-79(110)69(44-56-30-33-63(84)34-31-56)92-53(5)67(94-55(7)103)45-57-29-32-59-21-8-9-22-60(59)43-57/h8-9,16-18,20-24,29-37,43,47-49,51-52,54,64-72,89,92,102H,5,10-15,19,25-28,38-42,44-46,50H2,1-4,6-7H3,(H2,85,104)(H,90,105)(H,91,106)(H,93,113)(H,94,103)(H,95,107)(H,96,112)(H,97,109)(H,98,108)(H,99,110)(H,100,111)/p+1. The molecule has 6 aromatic rings. The third-order valence-corrected chi connectivity index (χ3v) is 19.6. The monoisotopic (exact) mass is 1590 g/mol. The zero-order valence-corrected chi connectivity index (χ0v) is 66.5. The Morgan fingerprint density at radius 1 is 0.526 bits per heavy atom. The number of carbonyl (C=O) groups is 12. The van der Waals surface area contributed by atoms with E-state index < -0.39 is 132 Å². The predicted molar refractivity (Wildman–Crippen MR) is 431 cm³/mol. The van der Waals surface area contributed by atoms with Crippen LogP contribution in [0.15, 0.2) is 153 Å². The van der Waals surface area contributed by atoms with Gasteiger partial charge >= 0.3 is 0 Å². The molecule has 30 nitrogen and oxygen atoms in total. The second kappa shape index (κ2) is 46.7. The van der Waals surface area contributed by atoms with Crippen molar-refractivity contribution in [1.29, 1.82) is 0 Å². The Balaban J connectivity index is 1.15. The molecule has 3 aromatic carbocycles. The van der Waals surface area contributed by atoms with E-state index in [1.54, 1.807) is 60.7 Å². The number of aliphatic hydroxyl groups excluding tert-OH is 1. The van der Waals surface area contributed by atoms with Crippen LogP contribution in [-0.2, 0) is 67.2 Å². The number of amides is 12. The topological polar surface area (TPSA) is 442 Å². The number of fused-ring (bicyclic) bond motifs is 1. The normalized spacial score (nSPS) is 14.9. The number of nitrogens with one attached hydrogen (secondary N) is 11. The number of nitrogens with zero attached hydrogens (tertiary/aromatic N) is 4. The van der Waals surface area contributed by atoms with Gasteiger partial charge in [-0.05, 0) is 180 Å². The summed E-state index contributed by atoms with van der Waals surface area (Å²) in [5.41, 5.74) is 8.36. The number of hydrogen-bond acceptors (Lipinski definition) is 17. The van der Waals surface area contributed by atoms with Crippen LogP contribution in [-0.4, -0.2) is 195 Å². The van der Waals surface area contributed by atoms with Crippen LogP contribution < -0.4 is 69.5 Å². The third-order valence-electron chi connectivity index (χ3n) is 19.4. The largest absolute Gasteiger partial charge is 0.394 e. The summed E-state index contributed by atoms with van der Waals surface area (Å²) in [7, 11) is 0. The van der Waals surface area contributed by atoms with Gasteiger partial charge in [0.2, 0.25) is 59.1 Å². The van der Waals surface area contributed by atoms with Gasteiger partial charge in [-0.1, -0.05) is 92.7 Å².